The highest BCUT2D eigenvalue weighted by molar-refractivity contribution is 6.33. The average Bonchev–Trinajstić information content (AvgIpc) is 2.05. The van der Waals surface area contributed by atoms with Crippen LogP contribution in [0.15, 0.2) is 18.2 Å². The van der Waals surface area contributed by atoms with Crippen LogP contribution in [-0.4, -0.2) is 22.5 Å². The van der Waals surface area contributed by atoms with Crippen LogP contribution in [0.2, 0.25) is 0 Å². The molecule has 4 nitrogen and oxygen atoms in total. The molecular weight excluding hydrogens is 216 g/mol. The molecule has 0 aliphatic heterocycles. The summed E-state index contributed by atoms with van der Waals surface area (Å²) < 4.78 is 40.8. The summed E-state index contributed by atoms with van der Waals surface area (Å²) in [6.45, 7) is 0. The molecule has 0 heterocycles. The van der Waals surface area contributed by atoms with E-state index in [-0.39, 0.29) is 0 Å². The Morgan fingerprint density at radius 3 is 2.27 bits per heavy atom. The van der Waals surface area contributed by atoms with Gasteiger partial charge in [-0.05, 0) is 12.1 Å². The van der Waals surface area contributed by atoms with Crippen molar-refractivity contribution in [1.29, 1.82) is 0 Å². The van der Waals surface area contributed by atoms with Crippen molar-refractivity contribution in [2.75, 3.05) is 0 Å². The van der Waals surface area contributed by atoms with Crippen LogP contribution >= 0.6 is 0 Å². The van der Waals surface area contributed by atoms with Crippen molar-refractivity contribution in [2.24, 2.45) is 0 Å². The SMILES string of the molecule is OB(O)Oc1cccc(C(F)(F)F)c1O. The van der Waals surface area contributed by atoms with Crippen LogP contribution in [0.3, 0.4) is 0 Å². The molecule has 1 rings (SSSR count). The second-order valence-electron chi connectivity index (χ2n) is 2.59. The fourth-order valence-electron chi connectivity index (χ4n) is 0.960. The first-order valence-electron chi connectivity index (χ1n) is 3.74. The molecule has 0 aliphatic carbocycles. The van der Waals surface area contributed by atoms with Crippen LogP contribution in [0.25, 0.3) is 0 Å². The van der Waals surface area contributed by atoms with Crippen LogP contribution in [-0.2, 0) is 6.18 Å². The molecule has 0 radical (unpaired) electrons. The van der Waals surface area contributed by atoms with Gasteiger partial charge in [-0.1, -0.05) is 6.07 Å². The second-order valence-corrected chi connectivity index (χ2v) is 2.59. The van der Waals surface area contributed by atoms with E-state index in [1.807, 2.05) is 0 Å². The zero-order valence-corrected chi connectivity index (χ0v) is 7.19. The summed E-state index contributed by atoms with van der Waals surface area (Å²) in [5, 5.41) is 25.8. The van der Waals surface area contributed by atoms with E-state index in [1.54, 1.807) is 0 Å². The number of phenolic OH excluding ortho intramolecular Hbond substituents is 1. The van der Waals surface area contributed by atoms with Crippen molar-refractivity contribution in [3.63, 3.8) is 0 Å². The minimum atomic E-state index is -4.73. The van der Waals surface area contributed by atoms with Gasteiger partial charge in [0.25, 0.3) is 0 Å². The highest BCUT2D eigenvalue weighted by Gasteiger charge is 2.35. The largest absolute Gasteiger partial charge is 0.707 e. The van der Waals surface area contributed by atoms with E-state index in [4.69, 9.17) is 15.2 Å². The number of para-hydroxylation sites is 1. The smallest absolute Gasteiger partial charge is 0.509 e. The van der Waals surface area contributed by atoms with Gasteiger partial charge in [-0.25, -0.2) is 0 Å². The number of aromatic hydroxyl groups is 1. The Hall–Kier alpha value is -1.41. The molecule has 1 aromatic rings. The van der Waals surface area contributed by atoms with Gasteiger partial charge in [-0.2, -0.15) is 13.2 Å². The normalized spacial score (nSPS) is 11.3. The van der Waals surface area contributed by atoms with Crippen molar-refractivity contribution in [3.05, 3.63) is 23.8 Å². The Bertz CT molecular complexity index is 353. The fraction of sp³-hybridized carbons (Fsp3) is 0.143. The zero-order valence-electron chi connectivity index (χ0n) is 7.19. The molecule has 1 aromatic carbocycles. The van der Waals surface area contributed by atoms with Crippen LogP contribution in [0.1, 0.15) is 5.56 Å². The van der Waals surface area contributed by atoms with Crippen molar-refractivity contribution in [1.82, 2.24) is 0 Å². The van der Waals surface area contributed by atoms with Crippen LogP contribution < -0.4 is 4.65 Å². The highest BCUT2D eigenvalue weighted by Crippen LogP contribution is 2.40. The number of phenols is 1. The zero-order chi connectivity index (χ0) is 11.6. The van der Waals surface area contributed by atoms with Gasteiger partial charge < -0.3 is 19.8 Å². The third-order valence-corrected chi connectivity index (χ3v) is 1.54. The van der Waals surface area contributed by atoms with E-state index in [2.05, 4.69) is 4.65 Å². The molecule has 0 saturated carbocycles. The first-order chi connectivity index (χ1) is 6.82. The maximum absolute atomic E-state index is 12.2. The van der Waals surface area contributed by atoms with Crippen molar-refractivity contribution < 1.29 is 33.0 Å². The number of alkyl halides is 3. The predicted molar refractivity (Wildman–Crippen MR) is 43.9 cm³/mol. The number of halogens is 3. The highest BCUT2D eigenvalue weighted by atomic mass is 19.4. The molecule has 0 spiro atoms. The van der Waals surface area contributed by atoms with Gasteiger partial charge in [0.05, 0.1) is 0 Å². The predicted octanol–water partition coefficient (Wildman–Crippen LogP) is 0.759. The molecule has 0 saturated heterocycles. The maximum atomic E-state index is 12.2. The Labute approximate surface area is 82.7 Å². The van der Waals surface area contributed by atoms with E-state index < -0.39 is 30.6 Å². The molecule has 0 unspecified atom stereocenters. The lowest BCUT2D eigenvalue weighted by Gasteiger charge is -2.12. The topological polar surface area (TPSA) is 69.9 Å². The van der Waals surface area contributed by atoms with E-state index in [1.165, 1.54) is 0 Å². The molecule has 0 atom stereocenters. The van der Waals surface area contributed by atoms with E-state index in [0.717, 1.165) is 12.1 Å². The number of rotatable bonds is 2. The first-order valence-corrected chi connectivity index (χ1v) is 3.74. The number of hydrogen-bond acceptors (Lipinski definition) is 4. The summed E-state index contributed by atoms with van der Waals surface area (Å²) in [7, 11) is -2.29. The minimum absolute atomic E-state index is 0.645. The number of benzene rings is 1. The van der Waals surface area contributed by atoms with Crippen LogP contribution in [0, 0.1) is 0 Å². The minimum Gasteiger partial charge on any atom is -0.509 e. The molecule has 0 amide bonds. The lowest BCUT2D eigenvalue weighted by atomic mass is 10.1. The lowest BCUT2D eigenvalue weighted by Crippen LogP contribution is -2.21. The molecule has 15 heavy (non-hydrogen) atoms. The summed E-state index contributed by atoms with van der Waals surface area (Å²) in [6, 6.07) is 2.59. The Kier molecular flexibility index (Phi) is 3.11. The Morgan fingerprint density at radius 2 is 1.80 bits per heavy atom. The lowest BCUT2D eigenvalue weighted by molar-refractivity contribution is -0.138. The van der Waals surface area contributed by atoms with E-state index in [0.29, 0.717) is 6.07 Å². The van der Waals surface area contributed by atoms with Gasteiger partial charge in [-0.15, -0.1) is 0 Å². The summed E-state index contributed by atoms with van der Waals surface area (Å²) >= 11 is 0. The molecule has 8 heteroatoms. The third kappa shape index (κ3) is 2.77. The summed E-state index contributed by atoms with van der Waals surface area (Å²) in [5.74, 6) is -1.84. The Balaban J connectivity index is 3.12. The van der Waals surface area contributed by atoms with Gasteiger partial charge in [0.2, 0.25) is 0 Å². The van der Waals surface area contributed by atoms with Gasteiger partial charge in [-0.3, -0.25) is 0 Å². The maximum Gasteiger partial charge on any atom is 0.707 e. The van der Waals surface area contributed by atoms with Crippen LogP contribution in [0.5, 0.6) is 11.5 Å². The van der Waals surface area contributed by atoms with Gasteiger partial charge in [0, 0.05) is 0 Å². The Morgan fingerprint density at radius 1 is 1.20 bits per heavy atom. The molecule has 82 valence electrons. The average molecular weight is 222 g/mol. The van der Waals surface area contributed by atoms with Gasteiger partial charge in [0.1, 0.15) is 11.3 Å². The molecule has 0 fully saturated rings. The van der Waals surface area contributed by atoms with Crippen molar-refractivity contribution in [3.8, 4) is 11.5 Å². The van der Waals surface area contributed by atoms with E-state index in [9.17, 15) is 13.2 Å². The fourth-order valence-corrected chi connectivity index (χ4v) is 0.960. The van der Waals surface area contributed by atoms with Crippen molar-refractivity contribution >= 4 is 7.32 Å². The monoisotopic (exact) mass is 222 g/mol. The number of hydrogen-bond donors (Lipinski definition) is 3. The van der Waals surface area contributed by atoms with E-state index >= 15 is 0 Å². The molecule has 0 aromatic heterocycles. The molecule has 0 aliphatic rings. The van der Waals surface area contributed by atoms with Gasteiger partial charge >= 0.3 is 13.5 Å². The molecule has 0 bridgehead atoms. The summed E-state index contributed by atoms with van der Waals surface area (Å²) in [6.07, 6.45) is -4.73. The van der Waals surface area contributed by atoms with Crippen molar-refractivity contribution in [2.45, 2.75) is 6.18 Å². The quantitative estimate of drug-likeness (QED) is 0.646. The molecular formula is C7H6BF3O4. The summed E-state index contributed by atoms with van der Waals surface area (Å²) in [4.78, 5) is 0. The standard InChI is InChI=1S/C7H6BF3O4/c9-7(10,11)4-2-1-3-5(6(4)12)15-8(13)14/h1-3,12-14H. The molecule has 3 N–H and O–H groups in total. The second kappa shape index (κ2) is 3.99. The third-order valence-electron chi connectivity index (χ3n) is 1.54. The summed E-state index contributed by atoms with van der Waals surface area (Å²) in [5.41, 5.74) is -1.30. The first kappa shape index (κ1) is 11.7. The van der Waals surface area contributed by atoms with Gasteiger partial charge in [0.15, 0.2) is 5.75 Å². The van der Waals surface area contributed by atoms with Crippen LogP contribution in [0.4, 0.5) is 13.2 Å².